The fraction of sp³-hybridized carbons (Fsp3) is 0.500. The van der Waals surface area contributed by atoms with Crippen LogP contribution >= 0.6 is 15.9 Å². The van der Waals surface area contributed by atoms with Gasteiger partial charge in [-0.3, -0.25) is 0 Å². The third-order valence-electron chi connectivity index (χ3n) is 3.52. The molecule has 1 heterocycles. The van der Waals surface area contributed by atoms with Gasteiger partial charge in [0, 0.05) is 10.5 Å². The van der Waals surface area contributed by atoms with E-state index in [0.29, 0.717) is 6.04 Å². The van der Waals surface area contributed by atoms with Gasteiger partial charge in [0.15, 0.2) is 0 Å². The first-order valence-corrected chi connectivity index (χ1v) is 7.43. The number of imidazole rings is 1. The summed E-state index contributed by atoms with van der Waals surface area (Å²) in [4.78, 5) is 4.76. The highest BCUT2D eigenvalue weighted by Crippen LogP contribution is 2.40. The molecule has 1 aromatic carbocycles. The maximum atomic E-state index is 6.28. The van der Waals surface area contributed by atoms with Gasteiger partial charge >= 0.3 is 0 Å². The van der Waals surface area contributed by atoms with E-state index in [-0.39, 0.29) is 6.04 Å². The SMILES string of the molecule is CCCC(N)c1nc2cc(Br)ccc2n1C1CC1. The molecule has 4 heteroatoms. The third-order valence-corrected chi connectivity index (χ3v) is 4.02. The Morgan fingerprint density at radius 2 is 2.28 bits per heavy atom. The predicted molar refractivity (Wildman–Crippen MR) is 77.5 cm³/mol. The normalized spacial score (nSPS) is 17.3. The highest BCUT2D eigenvalue weighted by molar-refractivity contribution is 9.10. The molecule has 3 rings (SSSR count). The molecule has 2 N–H and O–H groups in total. The number of hydrogen-bond acceptors (Lipinski definition) is 2. The lowest BCUT2D eigenvalue weighted by molar-refractivity contribution is 0.561. The first-order chi connectivity index (χ1) is 8.70. The van der Waals surface area contributed by atoms with Crippen molar-refractivity contribution in [3.8, 4) is 0 Å². The maximum Gasteiger partial charge on any atom is 0.127 e. The number of nitrogens with two attached hydrogens (primary N) is 1. The lowest BCUT2D eigenvalue weighted by Crippen LogP contribution is -2.16. The van der Waals surface area contributed by atoms with Crippen LogP contribution in [0, 0.1) is 0 Å². The van der Waals surface area contributed by atoms with Gasteiger partial charge in [-0.1, -0.05) is 29.3 Å². The second kappa shape index (κ2) is 4.67. The molecule has 1 fully saturated rings. The summed E-state index contributed by atoms with van der Waals surface area (Å²) < 4.78 is 3.44. The van der Waals surface area contributed by atoms with Gasteiger partial charge in [0.1, 0.15) is 5.82 Å². The molecule has 2 aromatic rings. The van der Waals surface area contributed by atoms with E-state index in [2.05, 4.69) is 45.6 Å². The molecule has 0 aliphatic heterocycles. The minimum atomic E-state index is 0.0572. The Morgan fingerprint density at radius 1 is 1.50 bits per heavy atom. The lowest BCUT2D eigenvalue weighted by Gasteiger charge is -2.13. The van der Waals surface area contributed by atoms with E-state index in [1.54, 1.807) is 0 Å². The van der Waals surface area contributed by atoms with Crippen LogP contribution in [0.5, 0.6) is 0 Å². The van der Waals surface area contributed by atoms with Crippen molar-refractivity contribution < 1.29 is 0 Å². The minimum absolute atomic E-state index is 0.0572. The summed E-state index contributed by atoms with van der Waals surface area (Å²) in [5.41, 5.74) is 8.56. The molecule has 0 saturated heterocycles. The van der Waals surface area contributed by atoms with Crippen molar-refractivity contribution in [2.75, 3.05) is 0 Å². The summed E-state index contributed by atoms with van der Waals surface area (Å²) in [5.74, 6) is 1.06. The quantitative estimate of drug-likeness (QED) is 0.930. The monoisotopic (exact) mass is 307 g/mol. The molecule has 0 bridgehead atoms. The highest BCUT2D eigenvalue weighted by Gasteiger charge is 2.29. The summed E-state index contributed by atoms with van der Waals surface area (Å²) >= 11 is 3.51. The zero-order valence-electron chi connectivity index (χ0n) is 10.6. The molecule has 1 atom stereocenters. The maximum absolute atomic E-state index is 6.28. The van der Waals surface area contributed by atoms with Crippen LogP contribution in [0.2, 0.25) is 0 Å². The Balaban J connectivity index is 2.14. The Bertz CT molecular complexity index is 572. The fourth-order valence-electron chi connectivity index (χ4n) is 2.51. The molecule has 0 amide bonds. The average Bonchev–Trinajstić information content (AvgIpc) is 3.10. The van der Waals surface area contributed by atoms with Crippen molar-refractivity contribution in [1.82, 2.24) is 9.55 Å². The molecule has 1 aliphatic carbocycles. The van der Waals surface area contributed by atoms with Gasteiger partial charge in [-0.15, -0.1) is 0 Å². The van der Waals surface area contributed by atoms with Crippen LogP contribution in [0.1, 0.15) is 50.5 Å². The molecular weight excluding hydrogens is 290 g/mol. The van der Waals surface area contributed by atoms with Crippen molar-refractivity contribution in [2.45, 2.75) is 44.7 Å². The molecule has 1 unspecified atom stereocenters. The molecular formula is C14H18BrN3. The van der Waals surface area contributed by atoms with E-state index in [1.807, 2.05) is 0 Å². The Labute approximate surface area is 116 Å². The Kier molecular flexibility index (Phi) is 3.16. The highest BCUT2D eigenvalue weighted by atomic mass is 79.9. The van der Waals surface area contributed by atoms with Gasteiger partial charge in [0.2, 0.25) is 0 Å². The molecule has 0 spiro atoms. The Morgan fingerprint density at radius 3 is 2.94 bits per heavy atom. The van der Waals surface area contributed by atoms with Gasteiger partial charge < -0.3 is 10.3 Å². The largest absolute Gasteiger partial charge is 0.324 e. The van der Waals surface area contributed by atoms with Gasteiger partial charge in [-0.25, -0.2) is 4.98 Å². The summed E-state index contributed by atoms with van der Waals surface area (Å²) in [6, 6.07) is 6.98. The zero-order valence-corrected chi connectivity index (χ0v) is 12.2. The molecule has 18 heavy (non-hydrogen) atoms. The second-order valence-electron chi connectivity index (χ2n) is 5.10. The first-order valence-electron chi connectivity index (χ1n) is 6.63. The first kappa shape index (κ1) is 12.2. The van der Waals surface area contributed by atoms with Gasteiger partial charge in [-0.2, -0.15) is 0 Å². The standard InChI is InChI=1S/C14H18BrN3/c1-2-3-11(16)14-17-12-8-9(15)4-7-13(12)18(14)10-5-6-10/h4,7-8,10-11H,2-3,5-6,16H2,1H3. The topological polar surface area (TPSA) is 43.8 Å². The van der Waals surface area contributed by atoms with Crippen molar-refractivity contribution in [2.24, 2.45) is 5.73 Å². The number of halogens is 1. The van der Waals surface area contributed by atoms with Crippen LogP contribution in [-0.4, -0.2) is 9.55 Å². The number of nitrogens with zero attached hydrogens (tertiary/aromatic N) is 2. The zero-order chi connectivity index (χ0) is 12.7. The van der Waals surface area contributed by atoms with Gasteiger partial charge in [-0.05, 0) is 37.5 Å². The smallest absolute Gasteiger partial charge is 0.127 e. The van der Waals surface area contributed by atoms with E-state index in [9.17, 15) is 0 Å². The molecule has 3 nitrogen and oxygen atoms in total. The van der Waals surface area contributed by atoms with Gasteiger partial charge in [0.05, 0.1) is 17.1 Å². The predicted octanol–water partition coefficient (Wildman–Crippen LogP) is 3.93. The van der Waals surface area contributed by atoms with E-state index < -0.39 is 0 Å². The molecule has 1 aliphatic rings. The van der Waals surface area contributed by atoms with Crippen LogP contribution < -0.4 is 5.73 Å². The van der Waals surface area contributed by atoms with Crippen molar-refractivity contribution in [3.05, 3.63) is 28.5 Å². The number of benzene rings is 1. The van der Waals surface area contributed by atoms with E-state index in [0.717, 1.165) is 28.7 Å². The van der Waals surface area contributed by atoms with Crippen LogP contribution in [-0.2, 0) is 0 Å². The third kappa shape index (κ3) is 2.08. The van der Waals surface area contributed by atoms with Crippen LogP contribution in [0.3, 0.4) is 0 Å². The summed E-state index contributed by atoms with van der Waals surface area (Å²) in [7, 11) is 0. The molecule has 96 valence electrons. The number of hydrogen-bond donors (Lipinski definition) is 1. The van der Waals surface area contributed by atoms with Crippen molar-refractivity contribution >= 4 is 27.0 Å². The van der Waals surface area contributed by atoms with E-state index in [1.165, 1.54) is 18.4 Å². The summed E-state index contributed by atoms with van der Waals surface area (Å²) in [6.07, 6.45) is 4.61. The van der Waals surface area contributed by atoms with Gasteiger partial charge in [0.25, 0.3) is 0 Å². The summed E-state index contributed by atoms with van der Waals surface area (Å²) in [5, 5.41) is 0. The Hall–Kier alpha value is -0.870. The average molecular weight is 308 g/mol. The number of aromatic nitrogens is 2. The van der Waals surface area contributed by atoms with Crippen molar-refractivity contribution in [3.63, 3.8) is 0 Å². The molecule has 1 saturated carbocycles. The van der Waals surface area contributed by atoms with Crippen molar-refractivity contribution in [1.29, 1.82) is 0 Å². The van der Waals surface area contributed by atoms with E-state index in [4.69, 9.17) is 10.7 Å². The second-order valence-corrected chi connectivity index (χ2v) is 6.02. The summed E-state index contributed by atoms with van der Waals surface area (Å²) in [6.45, 7) is 2.17. The number of fused-ring (bicyclic) bond motifs is 1. The van der Waals surface area contributed by atoms with Crippen LogP contribution in [0.4, 0.5) is 0 Å². The lowest BCUT2D eigenvalue weighted by atomic mass is 10.1. The fourth-order valence-corrected chi connectivity index (χ4v) is 2.86. The van der Waals surface area contributed by atoms with Crippen LogP contribution in [0.25, 0.3) is 11.0 Å². The molecule has 1 aromatic heterocycles. The van der Waals surface area contributed by atoms with E-state index >= 15 is 0 Å². The number of rotatable bonds is 4. The van der Waals surface area contributed by atoms with Crippen LogP contribution in [0.15, 0.2) is 22.7 Å². The molecule has 0 radical (unpaired) electrons. The minimum Gasteiger partial charge on any atom is -0.324 e.